The first-order valence-electron chi connectivity index (χ1n) is 10.2. The van der Waals surface area contributed by atoms with Gasteiger partial charge in [-0.2, -0.15) is 0 Å². The first-order valence-corrected chi connectivity index (χ1v) is 11.1. The minimum atomic E-state index is -0.0722. The van der Waals surface area contributed by atoms with Gasteiger partial charge in [-0.15, -0.1) is 11.3 Å². The van der Waals surface area contributed by atoms with Crippen molar-refractivity contribution in [3.8, 4) is 5.75 Å². The van der Waals surface area contributed by atoms with Crippen molar-refractivity contribution >= 4 is 22.9 Å². The first kappa shape index (κ1) is 20.4. The van der Waals surface area contributed by atoms with Crippen LogP contribution in [0.3, 0.4) is 0 Å². The molecule has 7 heteroatoms. The van der Waals surface area contributed by atoms with Crippen molar-refractivity contribution < 1.29 is 9.53 Å². The van der Waals surface area contributed by atoms with E-state index in [9.17, 15) is 4.79 Å². The average Bonchev–Trinajstić information content (AvgIpc) is 3.33. The lowest BCUT2D eigenvalue weighted by Gasteiger charge is -2.36. The Morgan fingerprint density at radius 2 is 1.90 bits per heavy atom. The molecule has 0 unspecified atom stereocenters. The highest BCUT2D eigenvalue weighted by Gasteiger charge is 2.17. The van der Waals surface area contributed by atoms with Crippen molar-refractivity contribution in [1.82, 2.24) is 15.2 Å². The van der Waals surface area contributed by atoms with Crippen molar-refractivity contribution in [3.05, 3.63) is 76.7 Å². The highest BCUT2D eigenvalue weighted by molar-refractivity contribution is 7.07. The molecular weight excluding hydrogens is 396 g/mol. The van der Waals surface area contributed by atoms with Gasteiger partial charge in [-0.05, 0) is 30.3 Å². The number of ether oxygens (including phenoxy) is 1. The first-order chi connectivity index (χ1) is 14.8. The Morgan fingerprint density at radius 1 is 1.07 bits per heavy atom. The molecule has 0 atom stereocenters. The molecule has 2 aromatic carbocycles. The Morgan fingerprint density at radius 3 is 2.67 bits per heavy atom. The average molecular weight is 423 g/mol. The van der Waals surface area contributed by atoms with Gasteiger partial charge in [-0.3, -0.25) is 9.69 Å². The molecule has 30 heavy (non-hydrogen) atoms. The number of nitrogens with one attached hydrogen (secondary N) is 1. The number of nitrogens with zero attached hydrogens (tertiary/aromatic N) is 3. The van der Waals surface area contributed by atoms with Crippen LogP contribution in [0.15, 0.2) is 65.5 Å². The van der Waals surface area contributed by atoms with Gasteiger partial charge in [0.1, 0.15) is 12.4 Å². The lowest BCUT2D eigenvalue weighted by atomic mass is 10.2. The summed E-state index contributed by atoms with van der Waals surface area (Å²) in [4.78, 5) is 21.5. The summed E-state index contributed by atoms with van der Waals surface area (Å²) >= 11 is 1.54. The van der Waals surface area contributed by atoms with E-state index in [-0.39, 0.29) is 5.91 Å². The number of para-hydroxylation sites is 1. The van der Waals surface area contributed by atoms with Crippen LogP contribution in [0.1, 0.15) is 16.1 Å². The van der Waals surface area contributed by atoms with E-state index in [0.717, 1.165) is 38.4 Å². The lowest BCUT2D eigenvalue weighted by molar-refractivity contribution is 0.0947. The van der Waals surface area contributed by atoms with Gasteiger partial charge in [-0.25, -0.2) is 4.98 Å². The van der Waals surface area contributed by atoms with Gasteiger partial charge in [0.25, 0.3) is 5.91 Å². The Bertz CT molecular complexity index is 925. The molecule has 2 heterocycles. The zero-order valence-electron chi connectivity index (χ0n) is 16.9. The van der Waals surface area contributed by atoms with Crippen LogP contribution in [0.25, 0.3) is 0 Å². The van der Waals surface area contributed by atoms with Gasteiger partial charge >= 0.3 is 0 Å². The molecule has 1 aliphatic heterocycles. The molecule has 1 aromatic heterocycles. The second-order valence-electron chi connectivity index (χ2n) is 7.22. The van der Waals surface area contributed by atoms with E-state index < -0.39 is 0 Å². The standard InChI is InChI=1S/C23H26N4O2S/c28-23(19-5-4-8-22(15-19)29-16-20-17-30-18-25-20)24-9-10-26-11-13-27(14-12-26)21-6-2-1-3-7-21/h1-8,15,17-18H,9-14,16H2,(H,24,28). The number of carbonyl (C=O) groups is 1. The van der Waals surface area contributed by atoms with E-state index in [4.69, 9.17) is 4.74 Å². The van der Waals surface area contributed by atoms with E-state index in [1.165, 1.54) is 5.69 Å². The summed E-state index contributed by atoms with van der Waals surface area (Å²) in [5, 5.41) is 4.98. The normalized spacial score (nSPS) is 14.5. The fraction of sp³-hybridized carbons (Fsp3) is 0.304. The molecule has 1 fully saturated rings. The maximum absolute atomic E-state index is 12.5. The van der Waals surface area contributed by atoms with Gasteiger partial charge in [0, 0.05) is 55.9 Å². The number of benzene rings is 2. The molecule has 1 N–H and O–H groups in total. The molecule has 0 aliphatic carbocycles. The zero-order valence-corrected chi connectivity index (χ0v) is 17.7. The van der Waals surface area contributed by atoms with Gasteiger partial charge in [0.15, 0.2) is 0 Å². The summed E-state index contributed by atoms with van der Waals surface area (Å²) in [7, 11) is 0. The van der Waals surface area contributed by atoms with Crippen LogP contribution in [-0.4, -0.2) is 55.1 Å². The van der Waals surface area contributed by atoms with Gasteiger partial charge in [-0.1, -0.05) is 24.3 Å². The number of carbonyl (C=O) groups excluding carboxylic acids is 1. The number of rotatable bonds is 8. The molecule has 6 nitrogen and oxygen atoms in total. The third-order valence-corrected chi connectivity index (χ3v) is 5.81. The summed E-state index contributed by atoms with van der Waals surface area (Å²) in [5.74, 6) is 0.602. The topological polar surface area (TPSA) is 57.7 Å². The number of amides is 1. The SMILES string of the molecule is O=C(NCCN1CCN(c2ccccc2)CC1)c1cccc(OCc2cscn2)c1. The highest BCUT2D eigenvalue weighted by Crippen LogP contribution is 2.16. The second-order valence-corrected chi connectivity index (χ2v) is 7.94. The van der Waals surface area contributed by atoms with Crippen LogP contribution < -0.4 is 15.0 Å². The van der Waals surface area contributed by atoms with Crippen LogP contribution in [0.5, 0.6) is 5.75 Å². The van der Waals surface area contributed by atoms with E-state index in [0.29, 0.717) is 24.5 Å². The molecule has 1 amide bonds. The molecule has 1 aliphatic rings. The van der Waals surface area contributed by atoms with E-state index in [1.54, 1.807) is 22.9 Å². The fourth-order valence-corrected chi connectivity index (χ4v) is 4.03. The monoisotopic (exact) mass is 422 g/mol. The Balaban J connectivity index is 1.19. The van der Waals surface area contributed by atoms with E-state index in [2.05, 4.69) is 44.4 Å². The summed E-state index contributed by atoms with van der Waals surface area (Å²) in [6, 6.07) is 17.8. The minimum absolute atomic E-state index is 0.0722. The van der Waals surface area contributed by atoms with Gasteiger partial charge in [0.05, 0.1) is 11.2 Å². The molecule has 0 spiro atoms. The predicted molar refractivity (Wildman–Crippen MR) is 120 cm³/mol. The van der Waals surface area contributed by atoms with Crippen molar-refractivity contribution in [3.63, 3.8) is 0 Å². The number of thiazole rings is 1. The number of aromatic nitrogens is 1. The molecule has 156 valence electrons. The zero-order chi connectivity index (χ0) is 20.6. The Hall–Kier alpha value is -2.90. The molecular formula is C23H26N4O2S. The van der Waals surface area contributed by atoms with Crippen LogP contribution in [0.4, 0.5) is 5.69 Å². The molecule has 1 saturated heterocycles. The van der Waals surface area contributed by atoms with Crippen molar-refractivity contribution in [2.45, 2.75) is 6.61 Å². The molecule has 0 radical (unpaired) electrons. The number of anilines is 1. The molecule has 0 saturated carbocycles. The quantitative estimate of drug-likeness (QED) is 0.604. The van der Waals surface area contributed by atoms with Crippen LogP contribution in [0.2, 0.25) is 0 Å². The smallest absolute Gasteiger partial charge is 0.251 e. The van der Waals surface area contributed by atoms with Gasteiger partial charge < -0.3 is 15.0 Å². The fourth-order valence-electron chi connectivity index (χ4n) is 3.49. The van der Waals surface area contributed by atoms with Crippen molar-refractivity contribution in [1.29, 1.82) is 0 Å². The summed E-state index contributed by atoms with van der Waals surface area (Å²) < 4.78 is 5.74. The summed E-state index contributed by atoms with van der Waals surface area (Å²) in [5.41, 5.74) is 4.56. The third kappa shape index (κ3) is 5.58. The maximum Gasteiger partial charge on any atom is 0.251 e. The second kappa shape index (κ2) is 10.2. The molecule has 0 bridgehead atoms. The Labute approximate surface area is 181 Å². The highest BCUT2D eigenvalue weighted by atomic mass is 32.1. The third-order valence-electron chi connectivity index (χ3n) is 5.17. The summed E-state index contributed by atoms with van der Waals surface area (Å²) in [6.07, 6.45) is 0. The van der Waals surface area contributed by atoms with Crippen molar-refractivity contribution in [2.24, 2.45) is 0 Å². The summed E-state index contributed by atoms with van der Waals surface area (Å²) in [6.45, 7) is 5.92. The Kier molecular flexibility index (Phi) is 6.95. The van der Waals surface area contributed by atoms with E-state index >= 15 is 0 Å². The van der Waals surface area contributed by atoms with E-state index in [1.807, 2.05) is 29.6 Å². The maximum atomic E-state index is 12.5. The predicted octanol–water partition coefficient (Wildman–Crippen LogP) is 3.27. The van der Waals surface area contributed by atoms with Crippen molar-refractivity contribution in [2.75, 3.05) is 44.2 Å². The number of hydrogen-bond donors (Lipinski definition) is 1. The molecule has 4 rings (SSSR count). The van der Waals surface area contributed by atoms with Crippen LogP contribution >= 0.6 is 11.3 Å². The lowest BCUT2D eigenvalue weighted by Crippen LogP contribution is -2.48. The van der Waals surface area contributed by atoms with Gasteiger partial charge in [0.2, 0.25) is 0 Å². The number of piperazine rings is 1. The minimum Gasteiger partial charge on any atom is -0.487 e. The van der Waals surface area contributed by atoms with Crippen LogP contribution in [0, 0.1) is 0 Å². The number of hydrogen-bond acceptors (Lipinski definition) is 6. The molecule has 3 aromatic rings. The van der Waals surface area contributed by atoms with Crippen LogP contribution in [-0.2, 0) is 6.61 Å². The largest absolute Gasteiger partial charge is 0.487 e.